The van der Waals surface area contributed by atoms with E-state index in [4.69, 9.17) is 15.3 Å². The minimum absolute atomic E-state index is 0.00375. The standard InChI is InChI=1S/C19H22N6O4S/c1-19(2,3)28-18(27)16-22-15(25(8-20)29-16)12-13-10-4-6-23(10)17(26)14-11(5-7-30-14)24(13)9-21-12/h5,7,9-10,15H,4,6,8,20H2,1-3H3/t10-,15?/m0/s1. The van der Waals surface area contributed by atoms with Crippen LogP contribution in [-0.4, -0.2) is 56.1 Å². The summed E-state index contributed by atoms with van der Waals surface area (Å²) in [6.45, 7) is 6.01. The monoisotopic (exact) mass is 430 g/mol. The van der Waals surface area contributed by atoms with Crippen molar-refractivity contribution in [2.24, 2.45) is 10.7 Å². The average Bonchev–Trinajstić information content (AvgIpc) is 3.35. The van der Waals surface area contributed by atoms with E-state index in [9.17, 15) is 9.59 Å². The summed E-state index contributed by atoms with van der Waals surface area (Å²) >= 11 is 1.42. The highest BCUT2D eigenvalue weighted by molar-refractivity contribution is 7.12. The molecule has 1 amide bonds. The molecule has 158 valence electrons. The van der Waals surface area contributed by atoms with Crippen LogP contribution in [0.4, 0.5) is 0 Å². The van der Waals surface area contributed by atoms with Crippen molar-refractivity contribution in [3.05, 3.63) is 34.0 Å². The second kappa shape index (κ2) is 6.62. The van der Waals surface area contributed by atoms with Crippen LogP contribution in [0.3, 0.4) is 0 Å². The molecule has 1 fully saturated rings. The van der Waals surface area contributed by atoms with Gasteiger partial charge in [0, 0.05) is 6.54 Å². The van der Waals surface area contributed by atoms with Crippen LogP contribution in [0.5, 0.6) is 0 Å². The number of fused-ring (bicyclic) bond motifs is 5. The molecule has 11 heteroatoms. The van der Waals surface area contributed by atoms with Crippen molar-refractivity contribution in [1.82, 2.24) is 19.5 Å². The highest BCUT2D eigenvalue weighted by Gasteiger charge is 2.45. The van der Waals surface area contributed by atoms with E-state index in [1.165, 1.54) is 16.4 Å². The first-order chi connectivity index (χ1) is 14.3. The maximum Gasteiger partial charge on any atom is 0.396 e. The molecular weight excluding hydrogens is 408 g/mol. The molecule has 5 heterocycles. The van der Waals surface area contributed by atoms with E-state index >= 15 is 0 Å². The Morgan fingerprint density at radius 1 is 1.43 bits per heavy atom. The predicted molar refractivity (Wildman–Crippen MR) is 108 cm³/mol. The van der Waals surface area contributed by atoms with E-state index in [-0.39, 0.29) is 24.5 Å². The van der Waals surface area contributed by atoms with Gasteiger partial charge >= 0.3 is 11.9 Å². The zero-order chi connectivity index (χ0) is 21.2. The van der Waals surface area contributed by atoms with Crippen LogP contribution in [0.2, 0.25) is 0 Å². The van der Waals surface area contributed by atoms with Crippen molar-refractivity contribution in [2.45, 2.75) is 45.0 Å². The van der Waals surface area contributed by atoms with Gasteiger partial charge in [-0.05, 0) is 38.6 Å². The normalized spacial score (nSPS) is 23.0. The Hall–Kier alpha value is -2.76. The number of rotatable bonds is 3. The fraction of sp³-hybridized carbons (Fsp3) is 0.474. The Kier molecular flexibility index (Phi) is 4.24. The first kappa shape index (κ1) is 19.2. The Labute approximate surface area is 176 Å². The minimum atomic E-state index is -0.702. The van der Waals surface area contributed by atoms with Gasteiger partial charge in [0.25, 0.3) is 5.91 Å². The summed E-state index contributed by atoms with van der Waals surface area (Å²) in [5.41, 5.74) is 7.47. The van der Waals surface area contributed by atoms with E-state index in [0.717, 1.165) is 17.8 Å². The molecule has 2 atom stereocenters. The largest absolute Gasteiger partial charge is 0.453 e. The predicted octanol–water partition coefficient (Wildman–Crippen LogP) is 1.74. The van der Waals surface area contributed by atoms with Crippen molar-refractivity contribution < 1.29 is 19.2 Å². The molecule has 0 spiro atoms. The van der Waals surface area contributed by atoms with Gasteiger partial charge in [-0.3, -0.25) is 9.36 Å². The average molecular weight is 430 g/mol. The molecular formula is C19H22N6O4S. The number of hydroxylamine groups is 2. The van der Waals surface area contributed by atoms with E-state index in [0.29, 0.717) is 17.1 Å². The number of imidazole rings is 1. The molecule has 3 aliphatic heterocycles. The number of ether oxygens (including phenoxy) is 1. The van der Waals surface area contributed by atoms with Crippen LogP contribution in [-0.2, 0) is 14.4 Å². The number of amides is 1. The van der Waals surface area contributed by atoms with Gasteiger partial charge in [-0.1, -0.05) is 5.06 Å². The number of carbonyl (C=O) groups is 2. The molecule has 30 heavy (non-hydrogen) atoms. The van der Waals surface area contributed by atoms with Crippen molar-refractivity contribution in [2.75, 3.05) is 13.2 Å². The van der Waals surface area contributed by atoms with Crippen LogP contribution in [0.25, 0.3) is 5.69 Å². The van der Waals surface area contributed by atoms with Crippen molar-refractivity contribution in [3.8, 4) is 5.69 Å². The molecule has 1 saturated heterocycles. The van der Waals surface area contributed by atoms with Gasteiger partial charge in [0.15, 0.2) is 6.17 Å². The molecule has 0 aliphatic carbocycles. The van der Waals surface area contributed by atoms with Gasteiger partial charge in [0.2, 0.25) is 0 Å². The van der Waals surface area contributed by atoms with Crippen LogP contribution >= 0.6 is 11.3 Å². The van der Waals surface area contributed by atoms with Gasteiger partial charge < -0.3 is 20.2 Å². The van der Waals surface area contributed by atoms with E-state index < -0.39 is 17.7 Å². The maximum absolute atomic E-state index is 12.9. The summed E-state index contributed by atoms with van der Waals surface area (Å²) in [6, 6.07) is 1.81. The number of esters is 1. The molecule has 0 bridgehead atoms. The number of nitrogens with zero attached hydrogens (tertiary/aromatic N) is 5. The van der Waals surface area contributed by atoms with Gasteiger partial charge in [-0.2, -0.15) is 0 Å². The number of hydrogen-bond acceptors (Lipinski definition) is 9. The quantitative estimate of drug-likeness (QED) is 0.738. The molecule has 2 aromatic heterocycles. The zero-order valence-corrected chi connectivity index (χ0v) is 17.7. The SMILES string of the molecule is CC(C)(C)OC(=O)C1=NC(c2ncn3c2[C@@H]2CCN2C(=O)c2sccc2-3)N(CN)O1. The molecule has 0 saturated carbocycles. The summed E-state index contributed by atoms with van der Waals surface area (Å²) in [4.78, 5) is 42.5. The van der Waals surface area contributed by atoms with E-state index in [1.54, 1.807) is 27.1 Å². The lowest BCUT2D eigenvalue weighted by Crippen LogP contribution is -2.45. The molecule has 10 nitrogen and oxygen atoms in total. The first-order valence-corrected chi connectivity index (χ1v) is 10.6. The Bertz CT molecular complexity index is 1070. The van der Waals surface area contributed by atoms with Crippen molar-refractivity contribution in [3.63, 3.8) is 0 Å². The first-order valence-electron chi connectivity index (χ1n) is 9.70. The fourth-order valence-electron chi connectivity index (χ4n) is 3.90. The number of carbonyl (C=O) groups excluding carboxylic acids is 2. The smallest absolute Gasteiger partial charge is 0.396 e. The van der Waals surface area contributed by atoms with Crippen molar-refractivity contribution >= 4 is 29.1 Å². The third-order valence-corrected chi connectivity index (χ3v) is 6.13. The van der Waals surface area contributed by atoms with Crippen LogP contribution < -0.4 is 5.73 Å². The van der Waals surface area contributed by atoms with Crippen LogP contribution in [0.15, 0.2) is 22.8 Å². The lowest BCUT2D eigenvalue weighted by atomic mass is 9.97. The fourth-order valence-corrected chi connectivity index (χ4v) is 4.74. The highest BCUT2D eigenvalue weighted by Crippen LogP contribution is 2.44. The zero-order valence-electron chi connectivity index (χ0n) is 16.9. The molecule has 5 rings (SSSR count). The van der Waals surface area contributed by atoms with E-state index in [2.05, 4.69) is 9.98 Å². The number of nitrogens with two attached hydrogens (primary N) is 1. The van der Waals surface area contributed by atoms with Gasteiger partial charge in [-0.25, -0.2) is 14.8 Å². The molecule has 3 aliphatic rings. The summed E-state index contributed by atoms with van der Waals surface area (Å²) in [5, 5.41) is 3.29. The van der Waals surface area contributed by atoms with Gasteiger partial charge in [0.05, 0.1) is 24.1 Å². The maximum atomic E-state index is 12.9. The third-order valence-electron chi connectivity index (χ3n) is 5.24. The highest BCUT2D eigenvalue weighted by atomic mass is 32.1. The lowest BCUT2D eigenvalue weighted by Gasteiger charge is -2.40. The number of aromatic nitrogens is 2. The van der Waals surface area contributed by atoms with E-state index in [1.807, 2.05) is 20.9 Å². The minimum Gasteiger partial charge on any atom is -0.453 e. The summed E-state index contributed by atoms with van der Waals surface area (Å²) in [7, 11) is 0. The van der Waals surface area contributed by atoms with Crippen molar-refractivity contribution in [1.29, 1.82) is 0 Å². The number of thiophene rings is 1. The molecule has 0 aromatic carbocycles. The summed E-state index contributed by atoms with van der Waals surface area (Å²) in [6.07, 6.45) is 1.82. The summed E-state index contributed by atoms with van der Waals surface area (Å²) < 4.78 is 7.32. The topological polar surface area (TPSA) is 115 Å². The Morgan fingerprint density at radius 3 is 2.90 bits per heavy atom. The second-order valence-corrected chi connectivity index (χ2v) is 9.24. The number of aliphatic imine (C=N–C) groups is 1. The molecule has 0 radical (unpaired) electrons. The van der Waals surface area contributed by atoms with Crippen LogP contribution in [0.1, 0.15) is 60.5 Å². The van der Waals surface area contributed by atoms with Gasteiger partial charge in [0.1, 0.15) is 22.5 Å². The van der Waals surface area contributed by atoms with Crippen LogP contribution in [0, 0.1) is 0 Å². The Morgan fingerprint density at radius 2 is 2.23 bits per heavy atom. The molecule has 1 unspecified atom stereocenters. The number of hydrogen-bond donors (Lipinski definition) is 1. The molecule has 2 N–H and O–H groups in total. The molecule has 2 aromatic rings. The Balaban J connectivity index is 1.57. The summed E-state index contributed by atoms with van der Waals surface area (Å²) in [5.74, 6) is -0.787. The second-order valence-electron chi connectivity index (χ2n) is 8.32. The van der Waals surface area contributed by atoms with Gasteiger partial charge in [-0.15, -0.1) is 11.3 Å². The lowest BCUT2D eigenvalue weighted by molar-refractivity contribution is -0.152. The third kappa shape index (κ3) is 2.84.